The van der Waals surface area contributed by atoms with Crippen LogP contribution in [-0.2, 0) is 12.5 Å². The van der Waals surface area contributed by atoms with E-state index in [1.54, 1.807) is 12.1 Å². The molecule has 2 fully saturated rings. The summed E-state index contributed by atoms with van der Waals surface area (Å²) in [4.78, 5) is 12.2. The van der Waals surface area contributed by atoms with Gasteiger partial charge in [-0.05, 0) is 66.3 Å². The number of halogens is 1. The van der Waals surface area contributed by atoms with Gasteiger partial charge < -0.3 is 10.6 Å². The Balaban J connectivity index is 1.16. The van der Waals surface area contributed by atoms with Gasteiger partial charge in [0.15, 0.2) is 0 Å². The molecule has 1 aliphatic heterocycles. The second-order valence-corrected chi connectivity index (χ2v) is 10.2. The van der Waals surface area contributed by atoms with Crippen LogP contribution in [0.3, 0.4) is 0 Å². The first-order valence-electron chi connectivity index (χ1n) is 12.5. The van der Waals surface area contributed by atoms with Crippen LogP contribution >= 0.6 is 0 Å². The molecule has 1 aliphatic carbocycles. The quantitative estimate of drug-likeness (QED) is 0.406. The predicted molar refractivity (Wildman–Crippen MR) is 140 cm³/mol. The Morgan fingerprint density at radius 2 is 1.78 bits per heavy atom. The molecule has 0 amide bonds. The van der Waals surface area contributed by atoms with Crippen molar-refractivity contribution in [2.75, 3.05) is 24.5 Å². The molecule has 0 spiro atoms. The fraction of sp³-hybridized carbons (Fsp3) is 0.276. The monoisotopic (exact) mass is 478 g/mol. The molecular weight excluding hydrogens is 451 g/mol. The van der Waals surface area contributed by atoms with E-state index < -0.39 is 0 Å². The lowest BCUT2D eigenvalue weighted by molar-refractivity contribution is 0.533. The third-order valence-corrected chi connectivity index (χ3v) is 8.31. The number of pyridine rings is 2. The van der Waals surface area contributed by atoms with Crippen molar-refractivity contribution in [1.29, 1.82) is 0 Å². The third kappa shape index (κ3) is 3.15. The number of nitrogens with two attached hydrogens (primary N) is 1. The van der Waals surface area contributed by atoms with Crippen molar-refractivity contribution in [2.45, 2.75) is 11.8 Å². The number of rotatable bonds is 4. The fourth-order valence-electron chi connectivity index (χ4n) is 6.48. The molecule has 1 saturated heterocycles. The highest BCUT2D eigenvalue weighted by Gasteiger charge is 2.66. The standard InChI is InChI=1S/C29H27FN6/c1-35-15-19-14-18(6-7-25(19)34-35)24-8-9-27-26(32-24)10-11-28(33-27)36-13-12-20-22(16-36)29(20,17-31)21-4-2-3-5-23(21)30/h2-11,14-15,20,22H,12-13,16-17,31H2,1H3/t20-,22+,29-/m0/s1. The molecule has 5 aromatic rings. The molecule has 36 heavy (non-hydrogen) atoms. The summed E-state index contributed by atoms with van der Waals surface area (Å²) >= 11 is 0. The summed E-state index contributed by atoms with van der Waals surface area (Å²) in [5.41, 5.74) is 11.5. The number of hydrogen-bond acceptors (Lipinski definition) is 5. The van der Waals surface area contributed by atoms with Crippen LogP contribution in [0.25, 0.3) is 33.2 Å². The number of aromatic nitrogens is 4. The zero-order valence-corrected chi connectivity index (χ0v) is 20.1. The lowest BCUT2D eigenvalue weighted by Crippen LogP contribution is -2.32. The highest BCUT2D eigenvalue weighted by molar-refractivity contribution is 5.85. The molecule has 0 bridgehead atoms. The Labute approximate surface area is 208 Å². The van der Waals surface area contributed by atoms with Gasteiger partial charge in [-0.25, -0.2) is 14.4 Å². The SMILES string of the molecule is Cn1cc2cc(-c3ccc4nc(N5CC[C@H]6[C@@H](C5)[C@]6(CN)c5ccccc5F)ccc4n3)ccc2n1. The van der Waals surface area contributed by atoms with Crippen LogP contribution in [0, 0.1) is 17.7 Å². The van der Waals surface area contributed by atoms with E-state index in [1.807, 2.05) is 48.3 Å². The first-order chi connectivity index (χ1) is 17.6. The van der Waals surface area contributed by atoms with Gasteiger partial charge in [0.2, 0.25) is 0 Å². The van der Waals surface area contributed by atoms with E-state index in [2.05, 4.69) is 34.3 Å². The molecular formula is C29H27FN6. The lowest BCUT2D eigenvalue weighted by Gasteiger charge is -2.27. The molecule has 0 unspecified atom stereocenters. The number of piperidine rings is 1. The minimum atomic E-state index is -0.261. The van der Waals surface area contributed by atoms with Crippen molar-refractivity contribution in [3.05, 3.63) is 84.3 Å². The second-order valence-electron chi connectivity index (χ2n) is 10.2. The minimum absolute atomic E-state index is 0.141. The predicted octanol–water partition coefficient (Wildman–Crippen LogP) is 4.68. The summed E-state index contributed by atoms with van der Waals surface area (Å²) in [6.45, 7) is 2.21. The fourth-order valence-corrected chi connectivity index (χ4v) is 6.48. The van der Waals surface area contributed by atoms with Crippen molar-refractivity contribution < 1.29 is 4.39 Å². The van der Waals surface area contributed by atoms with E-state index in [4.69, 9.17) is 15.7 Å². The maximum atomic E-state index is 14.7. The maximum Gasteiger partial charge on any atom is 0.129 e. The largest absolute Gasteiger partial charge is 0.356 e. The van der Waals surface area contributed by atoms with Crippen molar-refractivity contribution in [1.82, 2.24) is 19.7 Å². The average Bonchev–Trinajstić information content (AvgIpc) is 3.40. The minimum Gasteiger partial charge on any atom is -0.356 e. The van der Waals surface area contributed by atoms with Crippen LogP contribution in [0.1, 0.15) is 12.0 Å². The Bertz CT molecular complexity index is 1630. The number of benzene rings is 2. The molecule has 3 aromatic heterocycles. The van der Waals surface area contributed by atoms with Crippen LogP contribution in [-0.4, -0.2) is 39.4 Å². The molecule has 3 atom stereocenters. The Kier molecular flexibility index (Phi) is 4.66. The summed E-state index contributed by atoms with van der Waals surface area (Å²) < 4.78 is 16.5. The van der Waals surface area contributed by atoms with Crippen LogP contribution in [0.15, 0.2) is 72.9 Å². The molecule has 6 nitrogen and oxygen atoms in total. The molecule has 180 valence electrons. The normalized spacial score (nSPS) is 23.2. The number of nitrogens with zero attached hydrogens (tertiary/aromatic N) is 5. The molecule has 2 N–H and O–H groups in total. The van der Waals surface area contributed by atoms with Gasteiger partial charge in [-0.1, -0.05) is 24.3 Å². The van der Waals surface area contributed by atoms with Gasteiger partial charge in [-0.15, -0.1) is 0 Å². The molecule has 2 aromatic carbocycles. The van der Waals surface area contributed by atoms with Crippen LogP contribution < -0.4 is 10.6 Å². The summed E-state index contributed by atoms with van der Waals surface area (Å²) in [5, 5.41) is 5.55. The van der Waals surface area contributed by atoms with Crippen LogP contribution in [0.4, 0.5) is 10.2 Å². The zero-order valence-electron chi connectivity index (χ0n) is 20.1. The van der Waals surface area contributed by atoms with E-state index >= 15 is 0 Å². The number of aryl methyl sites for hydroxylation is 1. The van der Waals surface area contributed by atoms with Gasteiger partial charge in [-0.3, -0.25) is 4.68 Å². The van der Waals surface area contributed by atoms with Gasteiger partial charge in [0.1, 0.15) is 11.6 Å². The molecule has 4 heterocycles. The third-order valence-electron chi connectivity index (χ3n) is 8.31. The summed E-state index contributed by atoms with van der Waals surface area (Å²) in [7, 11) is 1.93. The summed E-state index contributed by atoms with van der Waals surface area (Å²) in [6, 6.07) is 21.5. The van der Waals surface area contributed by atoms with Crippen molar-refractivity contribution in [2.24, 2.45) is 24.6 Å². The highest BCUT2D eigenvalue weighted by atomic mass is 19.1. The van der Waals surface area contributed by atoms with Gasteiger partial charge in [0.25, 0.3) is 0 Å². The summed E-state index contributed by atoms with van der Waals surface area (Å²) in [5.74, 6) is 1.57. The summed E-state index contributed by atoms with van der Waals surface area (Å²) in [6.07, 6.45) is 3.01. The van der Waals surface area contributed by atoms with Crippen molar-refractivity contribution in [3.8, 4) is 11.3 Å². The maximum absolute atomic E-state index is 14.7. The molecule has 7 heteroatoms. The van der Waals surface area contributed by atoms with Crippen molar-refractivity contribution >= 4 is 27.8 Å². The number of fused-ring (bicyclic) bond motifs is 3. The number of hydrogen-bond donors (Lipinski definition) is 1. The van der Waals surface area contributed by atoms with Crippen LogP contribution in [0.2, 0.25) is 0 Å². The van der Waals surface area contributed by atoms with Gasteiger partial charge in [-0.2, -0.15) is 5.10 Å². The van der Waals surface area contributed by atoms with E-state index in [1.165, 1.54) is 0 Å². The molecule has 7 rings (SSSR count). The van der Waals surface area contributed by atoms with E-state index in [9.17, 15) is 4.39 Å². The average molecular weight is 479 g/mol. The number of anilines is 1. The van der Waals surface area contributed by atoms with E-state index in [-0.39, 0.29) is 11.2 Å². The topological polar surface area (TPSA) is 72.9 Å². The smallest absolute Gasteiger partial charge is 0.129 e. The Morgan fingerprint density at radius 3 is 2.64 bits per heavy atom. The Morgan fingerprint density at radius 1 is 0.972 bits per heavy atom. The lowest BCUT2D eigenvalue weighted by atomic mass is 9.91. The van der Waals surface area contributed by atoms with Crippen molar-refractivity contribution in [3.63, 3.8) is 0 Å². The van der Waals surface area contributed by atoms with Crippen LogP contribution in [0.5, 0.6) is 0 Å². The Hall–Kier alpha value is -3.84. The molecule has 1 saturated carbocycles. The van der Waals surface area contributed by atoms with Gasteiger partial charge >= 0.3 is 0 Å². The van der Waals surface area contributed by atoms with Gasteiger partial charge in [0.05, 0.1) is 22.2 Å². The second kappa shape index (κ2) is 7.83. The van der Waals surface area contributed by atoms with E-state index in [0.29, 0.717) is 18.4 Å². The zero-order chi connectivity index (χ0) is 24.4. The first kappa shape index (κ1) is 21.4. The molecule has 2 aliphatic rings. The molecule has 0 radical (unpaired) electrons. The first-order valence-corrected chi connectivity index (χ1v) is 12.5. The van der Waals surface area contributed by atoms with E-state index in [0.717, 1.165) is 64.1 Å². The highest BCUT2D eigenvalue weighted by Crippen LogP contribution is 2.63. The van der Waals surface area contributed by atoms with Gasteiger partial charge in [0, 0.05) is 49.2 Å².